The van der Waals surface area contributed by atoms with E-state index in [-0.39, 0.29) is 12.2 Å². The van der Waals surface area contributed by atoms with Crippen molar-refractivity contribution in [1.82, 2.24) is 0 Å². The van der Waals surface area contributed by atoms with Crippen LogP contribution in [-0.2, 0) is 14.3 Å². The first-order valence-electron chi connectivity index (χ1n) is 6.07. The maximum atomic E-state index is 11.6. The lowest BCUT2D eigenvalue weighted by atomic mass is 10.1. The summed E-state index contributed by atoms with van der Waals surface area (Å²) < 4.78 is 9.48. The molecule has 0 spiro atoms. The molecule has 0 bridgehead atoms. The van der Waals surface area contributed by atoms with Gasteiger partial charge in [0.15, 0.2) is 0 Å². The molecule has 0 aliphatic carbocycles. The summed E-state index contributed by atoms with van der Waals surface area (Å²) in [5.41, 5.74) is 1.64. The first-order chi connectivity index (χ1) is 9.72. The zero-order chi connectivity index (χ0) is 14.8. The van der Waals surface area contributed by atoms with Gasteiger partial charge in [0.05, 0.1) is 32.7 Å². The van der Waals surface area contributed by atoms with Gasteiger partial charge in [-0.3, -0.25) is 0 Å². The Morgan fingerprint density at radius 3 is 2.50 bits per heavy atom. The number of carbonyl (C=O) groups is 1. The van der Waals surface area contributed by atoms with Crippen LogP contribution >= 0.6 is 0 Å². The molecular weight excluding hydrogens is 256 g/mol. The maximum Gasteiger partial charge on any atom is 0.341 e. The number of rotatable bonds is 6. The third-order valence-electron chi connectivity index (χ3n) is 2.54. The number of hydrogen-bond donors (Lipinski definition) is 1. The van der Waals surface area contributed by atoms with Gasteiger partial charge in [-0.2, -0.15) is 0 Å². The molecular formula is C16H18O4. The van der Waals surface area contributed by atoms with Gasteiger partial charge in [-0.15, -0.1) is 0 Å². The molecule has 0 saturated heterocycles. The highest BCUT2D eigenvalue weighted by molar-refractivity contribution is 5.93. The highest BCUT2D eigenvalue weighted by Gasteiger charge is 2.14. The molecule has 1 rings (SSSR count). The number of esters is 1. The summed E-state index contributed by atoms with van der Waals surface area (Å²) in [4.78, 5) is 11.6. The predicted octanol–water partition coefficient (Wildman–Crippen LogP) is 2.32. The fraction of sp³-hybridized carbons (Fsp3) is 0.188. The van der Waals surface area contributed by atoms with Crippen LogP contribution in [-0.4, -0.2) is 31.9 Å². The summed E-state index contributed by atoms with van der Waals surface area (Å²) in [6, 6.07) is 9.70. The Kier molecular flexibility index (Phi) is 6.85. The van der Waals surface area contributed by atoms with Crippen molar-refractivity contribution in [2.24, 2.45) is 0 Å². The molecule has 1 N–H and O–H groups in total. The standard InChI is InChI=1S/C16H18O4/c1-19-12-15(16(18)20-2)14(11-17)10-6-9-13-7-4-3-5-8-13/h3-10,12,17H,11H2,1-2H3/b9-6+,14-10-,15-12+. The van der Waals surface area contributed by atoms with Crippen LogP contribution in [0.5, 0.6) is 0 Å². The molecule has 0 atom stereocenters. The zero-order valence-electron chi connectivity index (χ0n) is 11.6. The molecule has 20 heavy (non-hydrogen) atoms. The first kappa shape index (κ1) is 15.7. The third-order valence-corrected chi connectivity index (χ3v) is 2.54. The first-order valence-corrected chi connectivity index (χ1v) is 6.07. The summed E-state index contributed by atoms with van der Waals surface area (Å²) >= 11 is 0. The van der Waals surface area contributed by atoms with Gasteiger partial charge in [-0.1, -0.05) is 48.6 Å². The van der Waals surface area contributed by atoms with E-state index < -0.39 is 5.97 Å². The van der Waals surface area contributed by atoms with Crippen molar-refractivity contribution >= 4 is 12.0 Å². The second-order valence-electron chi connectivity index (χ2n) is 3.88. The Balaban J connectivity index is 2.93. The number of hydrogen-bond acceptors (Lipinski definition) is 4. The fourth-order valence-corrected chi connectivity index (χ4v) is 1.55. The van der Waals surface area contributed by atoms with Gasteiger partial charge in [0.1, 0.15) is 0 Å². The largest absolute Gasteiger partial charge is 0.503 e. The van der Waals surface area contributed by atoms with Gasteiger partial charge in [0.2, 0.25) is 0 Å². The van der Waals surface area contributed by atoms with Gasteiger partial charge in [-0.05, 0) is 11.1 Å². The molecule has 4 nitrogen and oxygen atoms in total. The minimum Gasteiger partial charge on any atom is -0.503 e. The van der Waals surface area contributed by atoms with Gasteiger partial charge in [0.25, 0.3) is 0 Å². The van der Waals surface area contributed by atoms with E-state index >= 15 is 0 Å². The molecule has 0 radical (unpaired) electrons. The van der Waals surface area contributed by atoms with Crippen LogP contribution in [0.25, 0.3) is 6.08 Å². The van der Waals surface area contributed by atoms with Crippen LogP contribution in [0.2, 0.25) is 0 Å². The summed E-state index contributed by atoms with van der Waals surface area (Å²) in [7, 11) is 2.71. The van der Waals surface area contributed by atoms with Crippen molar-refractivity contribution in [2.75, 3.05) is 20.8 Å². The lowest BCUT2D eigenvalue weighted by Crippen LogP contribution is -2.10. The van der Waals surface area contributed by atoms with Crippen molar-refractivity contribution in [3.8, 4) is 0 Å². The monoisotopic (exact) mass is 274 g/mol. The average Bonchev–Trinajstić information content (AvgIpc) is 2.50. The van der Waals surface area contributed by atoms with Gasteiger partial charge >= 0.3 is 5.97 Å². The summed E-state index contributed by atoms with van der Waals surface area (Å²) in [6.45, 7) is -0.288. The number of carbonyl (C=O) groups excluding carboxylic acids is 1. The third kappa shape index (κ3) is 4.74. The Hall–Kier alpha value is -2.33. The van der Waals surface area contributed by atoms with Crippen molar-refractivity contribution in [2.45, 2.75) is 0 Å². The van der Waals surface area contributed by atoms with E-state index in [1.165, 1.54) is 20.5 Å². The summed E-state index contributed by atoms with van der Waals surface area (Å²) in [5, 5.41) is 9.36. The van der Waals surface area contributed by atoms with Gasteiger partial charge in [-0.25, -0.2) is 4.79 Å². The highest BCUT2D eigenvalue weighted by atomic mass is 16.5. The molecule has 0 aliphatic heterocycles. The number of benzene rings is 1. The van der Waals surface area contributed by atoms with E-state index in [9.17, 15) is 9.90 Å². The summed E-state index contributed by atoms with van der Waals surface area (Å²) in [6.07, 6.45) is 6.53. The Labute approximate surface area is 118 Å². The van der Waals surface area contributed by atoms with Gasteiger partial charge in [0, 0.05) is 0 Å². The van der Waals surface area contributed by atoms with Crippen molar-refractivity contribution in [3.05, 3.63) is 65.5 Å². The fourth-order valence-electron chi connectivity index (χ4n) is 1.55. The number of ether oxygens (including phenoxy) is 2. The molecule has 0 aliphatic rings. The smallest absolute Gasteiger partial charge is 0.341 e. The summed E-state index contributed by atoms with van der Waals surface area (Å²) in [5.74, 6) is -0.555. The van der Waals surface area contributed by atoms with Crippen molar-refractivity contribution in [1.29, 1.82) is 0 Å². The quantitative estimate of drug-likeness (QED) is 0.374. The number of allylic oxidation sites excluding steroid dienone is 2. The van der Waals surface area contributed by atoms with E-state index in [0.29, 0.717) is 5.57 Å². The topological polar surface area (TPSA) is 55.8 Å². The second-order valence-corrected chi connectivity index (χ2v) is 3.88. The normalized spacial score (nSPS) is 12.6. The van der Waals surface area contributed by atoms with Crippen LogP contribution in [0.3, 0.4) is 0 Å². The molecule has 106 valence electrons. The number of aliphatic hydroxyl groups excluding tert-OH is 1. The molecule has 0 fully saturated rings. The average molecular weight is 274 g/mol. The molecule has 0 amide bonds. The van der Waals surface area contributed by atoms with E-state index in [1.807, 2.05) is 36.4 Å². The number of methoxy groups -OCH3 is 2. The maximum absolute atomic E-state index is 11.6. The van der Waals surface area contributed by atoms with Crippen molar-refractivity contribution < 1.29 is 19.4 Å². The molecule has 1 aromatic carbocycles. The predicted molar refractivity (Wildman–Crippen MR) is 77.8 cm³/mol. The van der Waals surface area contributed by atoms with Crippen LogP contribution in [0.4, 0.5) is 0 Å². The van der Waals surface area contributed by atoms with Crippen molar-refractivity contribution in [3.63, 3.8) is 0 Å². The van der Waals surface area contributed by atoms with E-state index in [1.54, 1.807) is 12.2 Å². The minimum atomic E-state index is -0.555. The van der Waals surface area contributed by atoms with Crippen LogP contribution in [0, 0.1) is 0 Å². The second kappa shape index (κ2) is 8.72. The zero-order valence-corrected chi connectivity index (χ0v) is 11.6. The van der Waals surface area contributed by atoms with E-state index in [4.69, 9.17) is 4.74 Å². The molecule has 1 aromatic rings. The Bertz CT molecular complexity index is 513. The van der Waals surface area contributed by atoms with Crippen LogP contribution in [0.15, 0.2) is 59.9 Å². The number of aliphatic hydroxyl groups is 1. The van der Waals surface area contributed by atoms with Crippen LogP contribution < -0.4 is 0 Å². The minimum absolute atomic E-state index is 0.190. The van der Waals surface area contributed by atoms with Crippen LogP contribution in [0.1, 0.15) is 5.56 Å². The highest BCUT2D eigenvalue weighted by Crippen LogP contribution is 2.12. The lowest BCUT2D eigenvalue weighted by molar-refractivity contribution is -0.136. The Morgan fingerprint density at radius 2 is 1.95 bits per heavy atom. The molecule has 4 heteroatoms. The molecule has 0 unspecified atom stereocenters. The Morgan fingerprint density at radius 1 is 1.25 bits per heavy atom. The molecule has 0 aromatic heterocycles. The van der Waals surface area contributed by atoms with Gasteiger partial charge < -0.3 is 14.6 Å². The van der Waals surface area contributed by atoms with E-state index in [2.05, 4.69) is 4.74 Å². The van der Waals surface area contributed by atoms with E-state index in [0.717, 1.165) is 5.56 Å². The molecule has 0 heterocycles. The lowest BCUT2D eigenvalue weighted by Gasteiger charge is -2.06. The molecule has 0 saturated carbocycles. The SMILES string of the molecule is CO\C=C(C(=O)OC)/C(=C\C=C\c1ccccc1)CO.